The number of carbonyl (C=O) groups is 2. The van der Waals surface area contributed by atoms with E-state index in [0.717, 1.165) is 10.7 Å². The number of nitrogens with one attached hydrogen (secondary N) is 2. The molecule has 0 spiro atoms. The van der Waals surface area contributed by atoms with Crippen LogP contribution < -0.4 is 10.6 Å². The number of thiazole rings is 1. The molecular formula is C17H19N3O2S. The van der Waals surface area contributed by atoms with Gasteiger partial charge in [0.25, 0.3) is 0 Å². The van der Waals surface area contributed by atoms with Crippen LogP contribution in [-0.4, -0.2) is 16.8 Å². The van der Waals surface area contributed by atoms with Gasteiger partial charge in [0.1, 0.15) is 0 Å². The lowest BCUT2D eigenvalue weighted by molar-refractivity contribution is -0.119. The number of amides is 2. The summed E-state index contributed by atoms with van der Waals surface area (Å²) >= 11 is 1.54. The van der Waals surface area contributed by atoms with Crippen molar-refractivity contribution >= 4 is 40.6 Å². The van der Waals surface area contributed by atoms with Gasteiger partial charge in [-0.15, -0.1) is 11.3 Å². The fraction of sp³-hybridized carbons (Fsp3) is 0.235. The molecule has 1 aromatic carbocycles. The summed E-state index contributed by atoms with van der Waals surface area (Å²) in [6.07, 6.45) is 3.12. The lowest BCUT2D eigenvalue weighted by Crippen LogP contribution is -2.17. The Bertz CT molecular complexity index is 718. The third-order valence-corrected chi connectivity index (χ3v) is 3.78. The smallest absolute Gasteiger partial charge is 0.248 e. The maximum atomic E-state index is 11.9. The van der Waals surface area contributed by atoms with Gasteiger partial charge in [-0.2, -0.15) is 0 Å². The first-order valence-corrected chi connectivity index (χ1v) is 8.14. The van der Waals surface area contributed by atoms with Gasteiger partial charge in [0.05, 0.1) is 10.7 Å². The largest absolute Gasteiger partial charge is 0.326 e. The molecule has 0 aliphatic carbocycles. The zero-order chi connectivity index (χ0) is 16.8. The number of anilines is 2. The first-order chi connectivity index (χ1) is 10.9. The van der Waals surface area contributed by atoms with Crippen LogP contribution in [0.1, 0.15) is 24.5 Å². The van der Waals surface area contributed by atoms with Gasteiger partial charge in [-0.05, 0) is 37.3 Å². The Morgan fingerprint density at radius 2 is 1.74 bits per heavy atom. The van der Waals surface area contributed by atoms with Gasteiger partial charge >= 0.3 is 0 Å². The number of benzene rings is 1. The predicted molar refractivity (Wildman–Crippen MR) is 94.4 cm³/mol. The maximum absolute atomic E-state index is 11.9. The summed E-state index contributed by atoms with van der Waals surface area (Å²) in [6.45, 7) is 5.59. The van der Waals surface area contributed by atoms with Crippen LogP contribution in [0.4, 0.5) is 11.4 Å². The van der Waals surface area contributed by atoms with Crippen LogP contribution in [0.2, 0.25) is 0 Å². The highest BCUT2D eigenvalue weighted by molar-refractivity contribution is 7.09. The Morgan fingerprint density at radius 3 is 2.26 bits per heavy atom. The summed E-state index contributed by atoms with van der Waals surface area (Å²) in [6, 6.07) is 7.00. The van der Waals surface area contributed by atoms with E-state index in [1.165, 1.54) is 17.4 Å². The maximum Gasteiger partial charge on any atom is 0.248 e. The van der Waals surface area contributed by atoms with Crippen LogP contribution in [0.3, 0.4) is 0 Å². The second kappa shape index (κ2) is 7.69. The van der Waals surface area contributed by atoms with E-state index in [4.69, 9.17) is 0 Å². The van der Waals surface area contributed by atoms with Gasteiger partial charge in [-0.25, -0.2) is 4.98 Å². The molecule has 2 aromatic rings. The number of hydrogen-bond acceptors (Lipinski definition) is 4. The van der Waals surface area contributed by atoms with Crippen molar-refractivity contribution in [3.05, 3.63) is 46.4 Å². The molecule has 23 heavy (non-hydrogen) atoms. The Hall–Kier alpha value is -2.47. The highest BCUT2D eigenvalue weighted by atomic mass is 32.1. The van der Waals surface area contributed by atoms with Crippen molar-refractivity contribution in [3.63, 3.8) is 0 Å². The number of carbonyl (C=O) groups excluding carboxylic acids is 2. The number of nitrogens with zero attached hydrogens (tertiary/aromatic N) is 1. The zero-order valence-electron chi connectivity index (χ0n) is 13.3. The molecule has 0 fully saturated rings. The van der Waals surface area contributed by atoms with Gasteiger partial charge < -0.3 is 10.6 Å². The molecule has 5 nitrogen and oxygen atoms in total. The van der Waals surface area contributed by atoms with Crippen molar-refractivity contribution in [2.45, 2.75) is 20.8 Å². The van der Waals surface area contributed by atoms with Crippen LogP contribution >= 0.6 is 11.3 Å². The summed E-state index contributed by atoms with van der Waals surface area (Å²) in [5.74, 6) is -0.341. The lowest BCUT2D eigenvalue weighted by Gasteiger charge is -2.08. The van der Waals surface area contributed by atoms with Crippen LogP contribution in [-0.2, 0) is 9.59 Å². The molecule has 0 saturated carbocycles. The molecule has 0 saturated heterocycles. The second-order valence-corrected chi connectivity index (χ2v) is 6.40. The molecule has 0 unspecified atom stereocenters. The minimum Gasteiger partial charge on any atom is -0.326 e. The molecular weight excluding hydrogens is 310 g/mol. The third kappa shape index (κ3) is 5.34. The summed E-state index contributed by atoms with van der Waals surface area (Å²) < 4.78 is 0. The molecule has 0 bridgehead atoms. The van der Waals surface area contributed by atoms with E-state index in [1.54, 1.807) is 30.3 Å². The average Bonchev–Trinajstić information content (AvgIpc) is 2.92. The standard InChI is InChI=1S/C17H19N3O2S/c1-11(2)17(22)20-14-6-4-13(5-7-14)19-16(21)9-8-15-10-23-12(3)18-15/h4-11H,1-3H3,(H,19,21)(H,20,22)/b9-8+. The molecule has 2 amide bonds. The fourth-order valence-corrected chi connectivity index (χ4v) is 2.31. The van der Waals surface area contributed by atoms with Crippen molar-refractivity contribution in [2.24, 2.45) is 5.92 Å². The van der Waals surface area contributed by atoms with Gasteiger partial charge in [-0.1, -0.05) is 13.8 Å². The molecule has 0 aliphatic heterocycles. The van der Waals surface area contributed by atoms with E-state index >= 15 is 0 Å². The van der Waals surface area contributed by atoms with Crippen LogP contribution in [0.5, 0.6) is 0 Å². The number of aromatic nitrogens is 1. The van der Waals surface area contributed by atoms with E-state index < -0.39 is 0 Å². The predicted octanol–water partition coefficient (Wildman–Crippen LogP) is 3.70. The quantitative estimate of drug-likeness (QED) is 0.822. The summed E-state index contributed by atoms with van der Waals surface area (Å²) in [4.78, 5) is 27.7. The Balaban J connectivity index is 1.91. The van der Waals surface area contributed by atoms with Crippen molar-refractivity contribution in [1.82, 2.24) is 4.98 Å². The van der Waals surface area contributed by atoms with E-state index in [2.05, 4.69) is 15.6 Å². The Morgan fingerprint density at radius 1 is 1.13 bits per heavy atom. The highest BCUT2D eigenvalue weighted by Gasteiger charge is 2.07. The van der Waals surface area contributed by atoms with E-state index in [1.807, 2.05) is 26.2 Å². The minimum absolute atomic E-state index is 0.0386. The molecule has 0 aliphatic rings. The van der Waals surface area contributed by atoms with Crippen LogP contribution in [0, 0.1) is 12.8 Å². The van der Waals surface area contributed by atoms with Gasteiger partial charge in [0.15, 0.2) is 0 Å². The Kier molecular flexibility index (Phi) is 5.65. The number of hydrogen-bond donors (Lipinski definition) is 2. The molecule has 2 rings (SSSR count). The van der Waals surface area contributed by atoms with Crippen molar-refractivity contribution < 1.29 is 9.59 Å². The van der Waals surface area contributed by atoms with Crippen LogP contribution in [0.15, 0.2) is 35.7 Å². The minimum atomic E-state index is -0.227. The van der Waals surface area contributed by atoms with Crippen molar-refractivity contribution in [2.75, 3.05) is 10.6 Å². The monoisotopic (exact) mass is 329 g/mol. The third-order valence-electron chi connectivity index (χ3n) is 2.99. The van der Waals surface area contributed by atoms with Crippen molar-refractivity contribution in [3.8, 4) is 0 Å². The van der Waals surface area contributed by atoms with Gasteiger partial charge in [0.2, 0.25) is 11.8 Å². The normalized spacial score (nSPS) is 11.0. The Labute approximate surface area is 139 Å². The van der Waals surface area contributed by atoms with Crippen molar-refractivity contribution in [1.29, 1.82) is 0 Å². The molecule has 1 aromatic heterocycles. The van der Waals surface area contributed by atoms with E-state index in [0.29, 0.717) is 11.4 Å². The molecule has 120 valence electrons. The molecule has 6 heteroatoms. The molecule has 0 radical (unpaired) electrons. The second-order valence-electron chi connectivity index (χ2n) is 5.34. The molecule has 0 atom stereocenters. The number of rotatable bonds is 5. The molecule has 2 N–H and O–H groups in total. The molecule has 1 heterocycles. The average molecular weight is 329 g/mol. The first kappa shape index (κ1) is 16.9. The van der Waals surface area contributed by atoms with Gasteiger partial charge in [0, 0.05) is 28.7 Å². The first-order valence-electron chi connectivity index (χ1n) is 7.26. The zero-order valence-corrected chi connectivity index (χ0v) is 14.1. The summed E-state index contributed by atoms with van der Waals surface area (Å²) in [5.41, 5.74) is 2.14. The van der Waals surface area contributed by atoms with Crippen LogP contribution in [0.25, 0.3) is 6.08 Å². The van der Waals surface area contributed by atoms with E-state index in [-0.39, 0.29) is 17.7 Å². The lowest BCUT2D eigenvalue weighted by atomic mass is 10.2. The summed E-state index contributed by atoms with van der Waals surface area (Å²) in [5, 5.41) is 8.41. The van der Waals surface area contributed by atoms with E-state index in [9.17, 15) is 9.59 Å². The highest BCUT2D eigenvalue weighted by Crippen LogP contribution is 2.15. The summed E-state index contributed by atoms with van der Waals surface area (Å²) in [7, 11) is 0. The number of aryl methyl sites for hydroxylation is 1. The fourth-order valence-electron chi connectivity index (χ4n) is 1.73. The van der Waals surface area contributed by atoms with Gasteiger partial charge in [-0.3, -0.25) is 9.59 Å². The topological polar surface area (TPSA) is 71.1 Å². The SMILES string of the molecule is Cc1nc(/C=C/C(=O)Nc2ccc(NC(=O)C(C)C)cc2)cs1.